The lowest BCUT2D eigenvalue weighted by molar-refractivity contribution is 0.463. The Labute approximate surface area is 111 Å². The molecule has 1 aromatic carbocycles. The van der Waals surface area contributed by atoms with Crippen molar-refractivity contribution in [2.45, 2.75) is 19.2 Å². The molecule has 0 aliphatic heterocycles. The number of nitrogens with zero attached hydrogens (tertiary/aromatic N) is 1. The summed E-state index contributed by atoms with van der Waals surface area (Å²) in [7, 11) is -3.48. The van der Waals surface area contributed by atoms with Gasteiger partial charge in [0.05, 0.1) is 18.5 Å². The van der Waals surface area contributed by atoms with Crippen molar-refractivity contribution in [1.29, 1.82) is 0 Å². The molecule has 0 fully saturated rings. The number of benzene rings is 1. The van der Waals surface area contributed by atoms with E-state index in [4.69, 9.17) is 10.2 Å². The van der Waals surface area contributed by atoms with E-state index in [2.05, 4.69) is 9.71 Å². The van der Waals surface area contributed by atoms with Crippen LogP contribution in [0.1, 0.15) is 17.2 Å². The lowest BCUT2D eigenvalue weighted by Gasteiger charge is -2.07. The van der Waals surface area contributed by atoms with E-state index in [1.807, 2.05) is 0 Å². The number of anilines is 1. The van der Waals surface area contributed by atoms with Crippen LogP contribution in [0, 0.1) is 6.92 Å². The van der Waals surface area contributed by atoms with E-state index in [0.29, 0.717) is 22.9 Å². The number of rotatable bonds is 5. The Hall–Kier alpha value is -1.86. The summed E-state index contributed by atoms with van der Waals surface area (Å²) in [6, 6.07) is 6.86. The van der Waals surface area contributed by atoms with Crippen molar-refractivity contribution < 1.29 is 12.8 Å². The number of hydrogen-bond donors (Lipinski definition) is 2. The van der Waals surface area contributed by atoms with E-state index in [1.54, 1.807) is 37.4 Å². The SMILES string of the molecule is Cc1cnc(CNS(=O)(=O)Cc2ccccc2N)o1. The molecule has 0 spiro atoms. The number of nitrogens with one attached hydrogen (secondary N) is 1. The molecule has 0 aliphatic carbocycles. The monoisotopic (exact) mass is 281 g/mol. The lowest BCUT2D eigenvalue weighted by Crippen LogP contribution is -2.25. The van der Waals surface area contributed by atoms with E-state index < -0.39 is 10.0 Å². The van der Waals surface area contributed by atoms with Crippen LogP contribution in [0.3, 0.4) is 0 Å². The summed E-state index contributed by atoms with van der Waals surface area (Å²) in [4.78, 5) is 3.93. The first-order valence-electron chi connectivity index (χ1n) is 5.68. The van der Waals surface area contributed by atoms with Crippen molar-refractivity contribution in [2.24, 2.45) is 0 Å². The Kier molecular flexibility index (Phi) is 3.87. The second kappa shape index (κ2) is 5.41. The molecular formula is C12H15N3O3S. The van der Waals surface area contributed by atoms with Crippen molar-refractivity contribution >= 4 is 15.7 Å². The summed E-state index contributed by atoms with van der Waals surface area (Å²) in [5.41, 5.74) is 6.74. The molecule has 0 amide bonds. The van der Waals surface area contributed by atoms with Gasteiger partial charge in [0.1, 0.15) is 5.76 Å². The summed E-state index contributed by atoms with van der Waals surface area (Å²) in [6.45, 7) is 1.78. The van der Waals surface area contributed by atoms with Crippen LogP contribution < -0.4 is 10.5 Å². The third-order valence-electron chi connectivity index (χ3n) is 2.51. The van der Waals surface area contributed by atoms with Gasteiger partial charge < -0.3 is 10.2 Å². The zero-order chi connectivity index (χ0) is 13.9. The fourth-order valence-electron chi connectivity index (χ4n) is 1.58. The molecule has 7 heteroatoms. The minimum absolute atomic E-state index is 0.0307. The predicted octanol–water partition coefficient (Wildman–Crippen LogP) is 1.18. The Morgan fingerprint density at radius 3 is 2.74 bits per heavy atom. The highest BCUT2D eigenvalue weighted by Crippen LogP contribution is 2.13. The van der Waals surface area contributed by atoms with Gasteiger partial charge in [-0.1, -0.05) is 18.2 Å². The van der Waals surface area contributed by atoms with Crippen molar-refractivity contribution in [1.82, 2.24) is 9.71 Å². The molecule has 2 aromatic rings. The minimum Gasteiger partial charge on any atom is -0.445 e. The van der Waals surface area contributed by atoms with Crippen LogP contribution in [0.2, 0.25) is 0 Å². The molecule has 0 unspecified atom stereocenters. The van der Waals surface area contributed by atoms with Crippen LogP contribution in [0.15, 0.2) is 34.9 Å². The maximum Gasteiger partial charge on any atom is 0.216 e. The normalized spacial score (nSPS) is 11.6. The largest absolute Gasteiger partial charge is 0.445 e. The summed E-state index contributed by atoms with van der Waals surface area (Å²) >= 11 is 0. The third kappa shape index (κ3) is 3.80. The molecule has 0 saturated carbocycles. The average Bonchev–Trinajstić information content (AvgIpc) is 2.76. The van der Waals surface area contributed by atoms with Crippen molar-refractivity contribution in [2.75, 3.05) is 5.73 Å². The highest BCUT2D eigenvalue weighted by Gasteiger charge is 2.14. The second-order valence-corrected chi connectivity index (χ2v) is 5.95. The summed E-state index contributed by atoms with van der Waals surface area (Å²) in [5, 5.41) is 0. The van der Waals surface area contributed by atoms with Gasteiger partial charge in [-0.25, -0.2) is 18.1 Å². The van der Waals surface area contributed by atoms with Gasteiger partial charge in [-0.3, -0.25) is 0 Å². The Morgan fingerprint density at radius 1 is 1.37 bits per heavy atom. The molecule has 19 heavy (non-hydrogen) atoms. The molecule has 1 heterocycles. The van der Waals surface area contributed by atoms with Gasteiger partial charge in [-0.15, -0.1) is 0 Å². The Bertz CT molecular complexity index is 664. The number of aryl methyl sites for hydroxylation is 1. The van der Waals surface area contributed by atoms with E-state index in [-0.39, 0.29) is 12.3 Å². The maximum atomic E-state index is 11.9. The quantitative estimate of drug-likeness (QED) is 0.802. The van der Waals surface area contributed by atoms with Crippen LogP contribution in [-0.2, 0) is 22.3 Å². The van der Waals surface area contributed by atoms with Crippen LogP contribution in [-0.4, -0.2) is 13.4 Å². The van der Waals surface area contributed by atoms with E-state index in [0.717, 1.165) is 0 Å². The topological polar surface area (TPSA) is 98.2 Å². The summed E-state index contributed by atoms with van der Waals surface area (Å²) in [5.74, 6) is 0.808. The fraction of sp³-hybridized carbons (Fsp3) is 0.250. The molecule has 2 rings (SSSR count). The number of hydrogen-bond acceptors (Lipinski definition) is 5. The van der Waals surface area contributed by atoms with Crippen molar-refractivity contribution in [3.8, 4) is 0 Å². The molecule has 1 aromatic heterocycles. The Morgan fingerprint density at radius 2 is 2.11 bits per heavy atom. The number of aromatic nitrogens is 1. The summed E-state index contributed by atoms with van der Waals surface area (Å²) < 4.78 is 31.4. The third-order valence-corrected chi connectivity index (χ3v) is 3.79. The molecule has 102 valence electrons. The van der Waals surface area contributed by atoms with E-state index in [1.165, 1.54) is 0 Å². The number of sulfonamides is 1. The average molecular weight is 281 g/mol. The molecule has 3 N–H and O–H groups in total. The van der Waals surface area contributed by atoms with Crippen molar-refractivity contribution in [3.63, 3.8) is 0 Å². The van der Waals surface area contributed by atoms with Gasteiger partial charge in [-0.05, 0) is 18.6 Å². The first-order valence-corrected chi connectivity index (χ1v) is 7.33. The van der Waals surface area contributed by atoms with Crippen molar-refractivity contribution in [3.05, 3.63) is 47.7 Å². The van der Waals surface area contributed by atoms with Gasteiger partial charge in [0, 0.05) is 5.69 Å². The molecule has 0 radical (unpaired) electrons. The van der Waals surface area contributed by atoms with Gasteiger partial charge in [0.25, 0.3) is 0 Å². The minimum atomic E-state index is -3.48. The standard InChI is InChI=1S/C12H15N3O3S/c1-9-6-14-12(18-9)7-15-19(16,17)8-10-4-2-3-5-11(10)13/h2-6,15H,7-8,13H2,1H3. The Balaban J connectivity index is 2.01. The number of nitrogen functional groups attached to an aromatic ring is 1. The second-order valence-electron chi connectivity index (χ2n) is 4.14. The first kappa shape index (κ1) is 13.6. The molecule has 0 bridgehead atoms. The molecular weight excluding hydrogens is 266 g/mol. The zero-order valence-electron chi connectivity index (χ0n) is 10.5. The zero-order valence-corrected chi connectivity index (χ0v) is 11.3. The highest BCUT2D eigenvalue weighted by atomic mass is 32.2. The molecule has 0 aliphatic rings. The molecule has 6 nitrogen and oxygen atoms in total. The smallest absolute Gasteiger partial charge is 0.216 e. The lowest BCUT2D eigenvalue weighted by atomic mass is 10.2. The number of para-hydroxylation sites is 1. The number of oxazole rings is 1. The van der Waals surface area contributed by atoms with Crippen LogP contribution in [0.25, 0.3) is 0 Å². The molecule has 0 atom stereocenters. The van der Waals surface area contributed by atoms with Gasteiger partial charge in [0.15, 0.2) is 0 Å². The molecule has 0 saturated heterocycles. The fourth-order valence-corrected chi connectivity index (χ4v) is 2.69. The first-order chi connectivity index (χ1) is 8.96. The summed E-state index contributed by atoms with van der Waals surface area (Å²) in [6.07, 6.45) is 1.54. The van der Waals surface area contributed by atoms with Crippen LogP contribution >= 0.6 is 0 Å². The van der Waals surface area contributed by atoms with Gasteiger partial charge >= 0.3 is 0 Å². The van der Waals surface area contributed by atoms with Crippen LogP contribution in [0.5, 0.6) is 0 Å². The van der Waals surface area contributed by atoms with Gasteiger partial charge in [-0.2, -0.15) is 0 Å². The number of nitrogens with two attached hydrogens (primary N) is 1. The van der Waals surface area contributed by atoms with E-state index >= 15 is 0 Å². The van der Waals surface area contributed by atoms with E-state index in [9.17, 15) is 8.42 Å². The van der Waals surface area contributed by atoms with Gasteiger partial charge in [0.2, 0.25) is 15.9 Å². The predicted molar refractivity (Wildman–Crippen MR) is 71.6 cm³/mol. The highest BCUT2D eigenvalue weighted by molar-refractivity contribution is 7.88. The van der Waals surface area contributed by atoms with Crippen LogP contribution in [0.4, 0.5) is 5.69 Å². The maximum absolute atomic E-state index is 11.9.